The topological polar surface area (TPSA) is 29.5 Å². The normalized spacial score (nSPS) is 14.9. The first kappa shape index (κ1) is 12.1. The Balaban J connectivity index is 2.69. The van der Waals surface area contributed by atoms with Gasteiger partial charge in [-0.1, -0.05) is 12.1 Å². The number of hydrogen-bond donors (Lipinski definition) is 1. The zero-order valence-corrected chi connectivity index (χ0v) is 9.11. The van der Waals surface area contributed by atoms with Gasteiger partial charge in [-0.25, -0.2) is 4.39 Å². The third-order valence-corrected chi connectivity index (χ3v) is 2.58. The van der Waals surface area contributed by atoms with Crippen LogP contribution in [0.15, 0.2) is 24.3 Å². The fourth-order valence-corrected chi connectivity index (χ4v) is 1.55. The molecule has 0 saturated heterocycles. The average Bonchev–Trinajstić information content (AvgIpc) is 2.27. The predicted octanol–water partition coefficient (Wildman–Crippen LogP) is 2.33. The lowest BCUT2D eigenvalue weighted by atomic mass is 9.94. The summed E-state index contributed by atoms with van der Waals surface area (Å²) in [5.74, 6) is -0.240. The van der Waals surface area contributed by atoms with Crippen LogP contribution in [0.1, 0.15) is 24.8 Å². The smallest absolute Gasteiger partial charge is 0.123 e. The average molecular weight is 212 g/mol. The highest BCUT2D eigenvalue weighted by Gasteiger charge is 2.14. The SMILES string of the molecule is COC(C)CC(CO)c1ccc(F)cc1. The number of ether oxygens (including phenoxy) is 1. The molecule has 0 saturated carbocycles. The molecule has 0 spiro atoms. The Morgan fingerprint density at radius 1 is 1.33 bits per heavy atom. The van der Waals surface area contributed by atoms with Crippen molar-refractivity contribution in [3.05, 3.63) is 35.6 Å². The number of halogens is 1. The molecule has 0 aromatic heterocycles. The van der Waals surface area contributed by atoms with E-state index in [1.165, 1.54) is 12.1 Å². The van der Waals surface area contributed by atoms with Crippen molar-refractivity contribution in [1.82, 2.24) is 0 Å². The number of methoxy groups -OCH3 is 1. The Kier molecular flexibility index (Phi) is 4.72. The Bertz CT molecular complexity index is 284. The van der Waals surface area contributed by atoms with E-state index in [1.807, 2.05) is 6.92 Å². The van der Waals surface area contributed by atoms with Crippen molar-refractivity contribution < 1.29 is 14.2 Å². The van der Waals surface area contributed by atoms with Gasteiger partial charge in [0.1, 0.15) is 5.82 Å². The lowest BCUT2D eigenvalue weighted by Gasteiger charge is -2.18. The van der Waals surface area contributed by atoms with E-state index in [1.54, 1.807) is 19.2 Å². The van der Waals surface area contributed by atoms with Crippen LogP contribution in [0.25, 0.3) is 0 Å². The summed E-state index contributed by atoms with van der Waals surface area (Å²) in [5.41, 5.74) is 0.947. The molecule has 15 heavy (non-hydrogen) atoms. The molecule has 0 aliphatic heterocycles. The van der Waals surface area contributed by atoms with Crippen LogP contribution in [-0.4, -0.2) is 24.9 Å². The molecule has 2 nitrogen and oxygen atoms in total. The predicted molar refractivity (Wildman–Crippen MR) is 57.3 cm³/mol. The number of aliphatic hydroxyl groups excluding tert-OH is 1. The number of aliphatic hydroxyl groups is 1. The second-order valence-corrected chi connectivity index (χ2v) is 3.71. The van der Waals surface area contributed by atoms with E-state index in [4.69, 9.17) is 4.74 Å². The molecule has 2 unspecified atom stereocenters. The van der Waals surface area contributed by atoms with E-state index in [9.17, 15) is 9.50 Å². The molecular weight excluding hydrogens is 195 g/mol. The van der Waals surface area contributed by atoms with Crippen molar-refractivity contribution >= 4 is 0 Å². The van der Waals surface area contributed by atoms with Gasteiger partial charge in [-0.15, -0.1) is 0 Å². The van der Waals surface area contributed by atoms with Crippen molar-refractivity contribution in [3.63, 3.8) is 0 Å². The van der Waals surface area contributed by atoms with Crippen LogP contribution in [0.5, 0.6) is 0 Å². The quantitative estimate of drug-likeness (QED) is 0.811. The van der Waals surface area contributed by atoms with Gasteiger partial charge in [0.25, 0.3) is 0 Å². The molecule has 0 heterocycles. The molecule has 1 rings (SSSR count). The highest BCUT2D eigenvalue weighted by molar-refractivity contribution is 5.20. The van der Waals surface area contributed by atoms with Gasteiger partial charge >= 0.3 is 0 Å². The van der Waals surface area contributed by atoms with Crippen molar-refractivity contribution in [2.45, 2.75) is 25.4 Å². The standard InChI is InChI=1S/C12H17FO2/c1-9(15-2)7-11(8-14)10-3-5-12(13)6-4-10/h3-6,9,11,14H,7-8H2,1-2H3. The lowest BCUT2D eigenvalue weighted by Crippen LogP contribution is -2.14. The molecule has 0 bridgehead atoms. The van der Waals surface area contributed by atoms with Gasteiger partial charge in [-0.2, -0.15) is 0 Å². The number of rotatable bonds is 5. The monoisotopic (exact) mass is 212 g/mol. The zero-order valence-electron chi connectivity index (χ0n) is 9.11. The zero-order chi connectivity index (χ0) is 11.3. The van der Waals surface area contributed by atoms with Gasteiger partial charge in [0.05, 0.1) is 12.7 Å². The first-order chi connectivity index (χ1) is 7.17. The fraction of sp³-hybridized carbons (Fsp3) is 0.500. The van der Waals surface area contributed by atoms with E-state index in [0.29, 0.717) is 0 Å². The fourth-order valence-electron chi connectivity index (χ4n) is 1.55. The third kappa shape index (κ3) is 3.61. The molecule has 0 aliphatic carbocycles. The summed E-state index contributed by atoms with van der Waals surface area (Å²) in [6.45, 7) is 2.01. The molecular formula is C12H17FO2. The minimum absolute atomic E-state index is 0.0144. The minimum atomic E-state index is -0.254. The van der Waals surface area contributed by atoms with E-state index in [0.717, 1.165) is 12.0 Å². The summed E-state index contributed by atoms with van der Waals surface area (Å²) in [6.07, 6.45) is 0.825. The van der Waals surface area contributed by atoms with Crippen LogP contribution in [0.3, 0.4) is 0 Å². The lowest BCUT2D eigenvalue weighted by molar-refractivity contribution is 0.0950. The number of hydrogen-bond acceptors (Lipinski definition) is 2. The molecule has 0 amide bonds. The molecule has 84 valence electrons. The van der Waals surface area contributed by atoms with E-state index in [2.05, 4.69) is 0 Å². The Hall–Kier alpha value is -0.930. The van der Waals surface area contributed by atoms with E-state index < -0.39 is 0 Å². The van der Waals surface area contributed by atoms with Crippen LogP contribution in [-0.2, 0) is 4.74 Å². The van der Waals surface area contributed by atoms with E-state index >= 15 is 0 Å². The van der Waals surface area contributed by atoms with E-state index in [-0.39, 0.29) is 24.4 Å². The van der Waals surface area contributed by atoms with Gasteiger partial charge in [-0.3, -0.25) is 0 Å². The van der Waals surface area contributed by atoms with Crippen molar-refractivity contribution in [2.75, 3.05) is 13.7 Å². The first-order valence-electron chi connectivity index (χ1n) is 5.06. The summed E-state index contributed by atoms with van der Waals surface area (Å²) < 4.78 is 17.8. The van der Waals surface area contributed by atoms with Crippen LogP contribution in [0.4, 0.5) is 4.39 Å². The maximum atomic E-state index is 12.7. The second kappa shape index (κ2) is 5.83. The van der Waals surface area contributed by atoms with Gasteiger partial charge in [0, 0.05) is 13.0 Å². The van der Waals surface area contributed by atoms with Crippen molar-refractivity contribution in [3.8, 4) is 0 Å². The van der Waals surface area contributed by atoms with Crippen molar-refractivity contribution in [2.24, 2.45) is 0 Å². The molecule has 0 fully saturated rings. The molecule has 1 N–H and O–H groups in total. The van der Waals surface area contributed by atoms with Gasteiger partial charge in [-0.05, 0) is 31.0 Å². The summed E-state index contributed by atoms with van der Waals surface area (Å²) in [4.78, 5) is 0. The van der Waals surface area contributed by atoms with Crippen LogP contribution in [0, 0.1) is 5.82 Å². The molecule has 2 atom stereocenters. The Morgan fingerprint density at radius 2 is 1.93 bits per heavy atom. The highest BCUT2D eigenvalue weighted by atomic mass is 19.1. The molecule has 3 heteroatoms. The van der Waals surface area contributed by atoms with Crippen LogP contribution in [0.2, 0.25) is 0 Å². The van der Waals surface area contributed by atoms with Crippen LogP contribution < -0.4 is 0 Å². The van der Waals surface area contributed by atoms with Crippen LogP contribution >= 0.6 is 0 Å². The van der Waals surface area contributed by atoms with Crippen molar-refractivity contribution in [1.29, 1.82) is 0 Å². The summed E-state index contributed by atoms with van der Waals surface area (Å²) in [7, 11) is 1.64. The Morgan fingerprint density at radius 3 is 2.40 bits per heavy atom. The third-order valence-electron chi connectivity index (χ3n) is 2.58. The summed E-state index contributed by atoms with van der Waals surface area (Å²) in [5, 5.41) is 9.24. The highest BCUT2D eigenvalue weighted by Crippen LogP contribution is 2.21. The maximum Gasteiger partial charge on any atom is 0.123 e. The molecule has 1 aromatic rings. The second-order valence-electron chi connectivity index (χ2n) is 3.71. The maximum absolute atomic E-state index is 12.7. The summed E-state index contributed by atoms with van der Waals surface area (Å²) >= 11 is 0. The molecule has 0 radical (unpaired) electrons. The molecule has 1 aromatic carbocycles. The first-order valence-corrected chi connectivity index (χ1v) is 5.06. The van der Waals surface area contributed by atoms with Gasteiger partial charge in [0.15, 0.2) is 0 Å². The minimum Gasteiger partial charge on any atom is -0.396 e. The largest absolute Gasteiger partial charge is 0.396 e. The number of benzene rings is 1. The van der Waals surface area contributed by atoms with Gasteiger partial charge in [0.2, 0.25) is 0 Å². The van der Waals surface area contributed by atoms with Gasteiger partial charge < -0.3 is 9.84 Å². The Labute approximate surface area is 89.7 Å². The molecule has 0 aliphatic rings. The summed E-state index contributed by atoms with van der Waals surface area (Å²) in [6, 6.07) is 6.24.